The van der Waals surface area contributed by atoms with Crippen LogP contribution in [0.5, 0.6) is 11.5 Å². The third kappa shape index (κ3) is 3.47. The van der Waals surface area contributed by atoms with Crippen LogP contribution in [0.25, 0.3) is 0 Å². The molecule has 0 radical (unpaired) electrons. The number of fused-ring (bicyclic) bond motifs is 1. The summed E-state index contributed by atoms with van der Waals surface area (Å²) in [6, 6.07) is 5.69. The van der Waals surface area contributed by atoms with Gasteiger partial charge in [-0.25, -0.2) is 0 Å². The first-order chi connectivity index (χ1) is 11.1. The number of carbonyl (C=O) groups excluding carboxylic acids is 1. The van der Waals surface area contributed by atoms with Gasteiger partial charge < -0.3 is 19.9 Å². The largest absolute Gasteiger partial charge is 0.481 e. The Morgan fingerprint density at radius 2 is 1.87 bits per heavy atom. The Bertz CT molecular complexity index is 640. The number of nitrogens with one attached hydrogen (secondary N) is 1. The third-order valence-corrected chi connectivity index (χ3v) is 4.24. The molecule has 6 heteroatoms. The molecule has 3 rings (SSSR count). The van der Waals surface area contributed by atoms with Gasteiger partial charge in [-0.2, -0.15) is 0 Å². The lowest BCUT2D eigenvalue weighted by Crippen LogP contribution is -2.39. The van der Waals surface area contributed by atoms with Crippen molar-refractivity contribution in [1.82, 2.24) is 5.32 Å². The maximum Gasteiger partial charge on any atom is 0.307 e. The van der Waals surface area contributed by atoms with Gasteiger partial charge in [0.2, 0.25) is 12.7 Å². The van der Waals surface area contributed by atoms with Gasteiger partial charge in [-0.3, -0.25) is 9.59 Å². The minimum atomic E-state index is -0.912. The molecule has 0 unspecified atom stereocenters. The Morgan fingerprint density at radius 3 is 2.65 bits per heavy atom. The highest BCUT2D eigenvalue weighted by Crippen LogP contribution is 2.32. The summed E-state index contributed by atoms with van der Waals surface area (Å²) >= 11 is 0. The molecule has 0 saturated heterocycles. The number of hydrogen-bond donors (Lipinski definition) is 2. The standard InChI is InChI=1S/C17H19NO5/c19-16(12-3-1-2-4-13(12)17(20)21)18-8-7-11-5-6-14-15(9-11)23-10-22-14/h1-2,5-6,9,12-13H,3-4,7-8,10H2,(H,18,19)(H,20,21)/t12-,13-/m0/s1. The van der Waals surface area contributed by atoms with Crippen LogP contribution in [0.4, 0.5) is 0 Å². The summed E-state index contributed by atoms with van der Waals surface area (Å²) < 4.78 is 10.6. The van der Waals surface area contributed by atoms with Crippen LogP contribution in [-0.4, -0.2) is 30.3 Å². The molecule has 1 aromatic carbocycles. The van der Waals surface area contributed by atoms with Crippen LogP contribution in [0.2, 0.25) is 0 Å². The molecular weight excluding hydrogens is 298 g/mol. The third-order valence-electron chi connectivity index (χ3n) is 4.24. The number of aliphatic carboxylic acids is 1. The highest BCUT2D eigenvalue weighted by molar-refractivity contribution is 5.85. The van der Waals surface area contributed by atoms with Gasteiger partial charge in [-0.1, -0.05) is 18.2 Å². The number of benzene rings is 1. The molecule has 1 aliphatic carbocycles. The molecule has 0 fully saturated rings. The van der Waals surface area contributed by atoms with E-state index < -0.39 is 17.8 Å². The second kappa shape index (κ2) is 6.73. The molecule has 0 bridgehead atoms. The summed E-state index contributed by atoms with van der Waals surface area (Å²) in [4.78, 5) is 23.5. The summed E-state index contributed by atoms with van der Waals surface area (Å²) in [6.07, 6.45) is 5.25. The van der Waals surface area contributed by atoms with Gasteiger partial charge in [0.05, 0.1) is 11.8 Å². The van der Waals surface area contributed by atoms with Crippen molar-refractivity contribution in [3.05, 3.63) is 35.9 Å². The molecule has 1 amide bonds. The first-order valence-electron chi connectivity index (χ1n) is 7.69. The molecule has 6 nitrogen and oxygen atoms in total. The Balaban J connectivity index is 1.53. The molecule has 2 atom stereocenters. The van der Waals surface area contributed by atoms with Crippen molar-refractivity contribution in [2.75, 3.05) is 13.3 Å². The van der Waals surface area contributed by atoms with E-state index in [0.717, 1.165) is 17.1 Å². The SMILES string of the molecule is O=C(O)[C@H]1CC=CC[C@@H]1C(=O)NCCc1ccc2c(c1)OCO2. The lowest BCUT2D eigenvalue weighted by Gasteiger charge is -2.24. The quantitative estimate of drug-likeness (QED) is 0.808. The van der Waals surface area contributed by atoms with Crippen molar-refractivity contribution < 1.29 is 24.2 Å². The topological polar surface area (TPSA) is 84.9 Å². The number of hydrogen-bond acceptors (Lipinski definition) is 4. The molecule has 1 heterocycles. The second-order valence-corrected chi connectivity index (χ2v) is 5.72. The number of ether oxygens (including phenoxy) is 2. The summed E-state index contributed by atoms with van der Waals surface area (Å²) in [6.45, 7) is 0.701. The van der Waals surface area contributed by atoms with Crippen LogP contribution in [0, 0.1) is 11.8 Å². The second-order valence-electron chi connectivity index (χ2n) is 5.72. The molecule has 2 aliphatic rings. The number of rotatable bonds is 5. The van der Waals surface area contributed by atoms with E-state index in [-0.39, 0.29) is 12.7 Å². The van der Waals surface area contributed by atoms with Crippen molar-refractivity contribution in [2.45, 2.75) is 19.3 Å². The fraction of sp³-hybridized carbons (Fsp3) is 0.412. The summed E-state index contributed by atoms with van der Waals surface area (Å²) in [5.74, 6) is -0.777. The highest BCUT2D eigenvalue weighted by Gasteiger charge is 2.33. The first kappa shape index (κ1) is 15.4. The number of amides is 1. The van der Waals surface area contributed by atoms with Crippen LogP contribution in [0.1, 0.15) is 18.4 Å². The molecular formula is C17H19NO5. The molecule has 122 valence electrons. The van der Waals surface area contributed by atoms with E-state index in [9.17, 15) is 14.7 Å². The summed E-state index contributed by atoms with van der Waals surface area (Å²) in [7, 11) is 0. The lowest BCUT2D eigenvalue weighted by atomic mass is 9.82. The van der Waals surface area contributed by atoms with E-state index in [0.29, 0.717) is 25.8 Å². The fourth-order valence-electron chi connectivity index (χ4n) is 2.93. The van der Waals surface area contributed by atoms with Gasteiger partial charge in [0.25, 0.3) is 0 Å². The zero-order valence-electron chi connectivity index (χ0n) is 12.7. The maximum atomic E-state index is 12.2. The van der Waals surface area contributed by atoms with E-state index >= 15 is 0 Å². The van der Waals surface area contributed by atoms with Crippen LogP contribution < -0.4 is 14.8 Å². The number of carbonyl (C=O) groups is 2. The molecule has 0 saturated carbocycles. The fourth-order valence-corrected chi connectivity index (χ4v) is 2.93. The van der Waals surface area contributed by atoms with Crippen molar-refractivity contribution in [2.24, 2.45) is 11.8 Å². The molecule has 0 aromatic heterocycles. The minimum Gasteiger partial charge on any atom is -0.481 e. The average Bonchev–Trinajstić information content (AvgIpc) is 3.02. The summed E-state index contributed by atoms with van der Waals surface area (Å²) in [5, 5.41) is 12.1. The zero-order chi connectivity index (χ0) is 16.2. The summed E-state index contributed by atoms with van der Waals surface area (Å²) in [5.41, 5.74) is 1.04. The van der Waals surface area contributed by atoms with Crippen LogP contribution in [0.15, 0.2) is 30.4 Å². The predicted molar refractivity (Wildman–Crippen MR) is 82.3 cm³/mol. The normalized spacial score (nSPS) is 21.9. The Morgan fingerprint density at radius 1 is 1.13 bits per heavy atom. The molecule has 1 aliphatic heterocycles. The monoisotopic (exact) mass is 317 g/mol. The van der Waals surface area contributed by atoms with E-state index in [1.54, 1.807) is 0 Å². The highest BCUT2D eigenvalue weighted by atomic mass is 16.7. The first-order valence-corrected chi connectivity index (χ1v) is 7.69. The van der Waals surface area contributed by atoms with E-state index in [4.69, 9.17) is 9.47 Å². The van der Waals surface area contributed by atoms with Gasteiger partial charge >= 0.3 is 5.97 Å². The Labute approximate surface area is 134 Å². The number of carboxylic acid groups (broad SMARTS) is 1. The van der Waals surface area contributed by atoms with Gasteiger partial charge in [0.1, 0.15) is 0 Å². The van der Waals surface area contributed by atoms with Gasteiger partial charge in [-0.15, -0.1) is 0 Å². The average molecular weight is 317 g/mol. The molecule has 23 heavy (non-hydrogen) atoms. The van der Waals surface area contributed by atoms with E-state index in [2.05, 4.69) is 5.32 Å². The van der Waals surface area contributed by atoms with Gasteiger partial charge in [-0.05, 0) is 37.0 Å². The zero-order valence-corrected chi connectivity index (χ0v) is 12.7. The Kier molecular flexibility index (Phi) is 4.50. The maximum absolute atomic E-state index is 12.2. The molecule has 1 aromatic rings. The van der Waals surface area contributed by atoms with Crippen LogP contribution in [0.3, 0.4) is 0 Å². The number of allylic oxidation sites excluding steroid dienone is 2. The van der Waals surface area contributed by atoms with Crippen molar-refractivity contribution in [3.8, 4) is 11.5 Å². The van der Waals surface area contributed by atoms with Crippen LogP contribution in [-0.2, 0) is 16.0 Å². The minimum absolute atomic E-state index is 0.192. The van der Waals surface area contributed by atoms with Crippen molar-refractivity contribution >= 4 is 11.9 Å². The van der Waals surface area contributed by atoms with Crippen LogP contribution >= 0.6 is 0 Å². The predicted octanol–water partition coefficient (Wildman–Crippen LogP) is 1.74. The van der Waals surface area contributed by atoms with Gasteiger partial charge in [0, 0.05) is 6.54 Å². The smallest absolute Gasteiger partial charge is 0.307 e. The lowest BCUT2D eigenvalue weighted by molar-refractivity contribution is -0.147. The van der Waals surface area contributed by atoms with Crippen molar-refractivity contribution in [3.63, 3.8) is 0 Å². The van der Waals surface area contributed by atoms with E-state index in [1.807, 2.05) is 30.4 Å². The molecule has 2 N–H and O–H groups in total. The Hall–Kier alpha value is -2.50. The van der Waals surface area contributed by atoms with E-state index in [1.165, 1.54) is 0 Å². The molecule has 0 spiro atoms. The van der Waals surface area contributed by atoms with Gasteiger partial charge in [0.15, 0.2) is 11.5 Å². The van der Waals surface area contributed by atoms with Crippen molar-refractivity contribution in [1.29, 1.82) is 0 Å². The number of carboxylic acids is 1.